The number of carbonyl (C=O) groups is 2. The van der Waals surface area contributed by atoms with E-state index < -0.39 is 27.3 Å². The van der Waals surface area contributed by atoms with Crippen molar-refractivity contribution in [2.45, 2.75) is 24.2 Å². The highest BCUT2D eigenvalue weighted by atomic mass is 35.5. The minimum Gasteiger partial charge on any atom is -0.336 e. The minimum atomic E-state index is -3.91. The van der Waals surface area contributed by atoms with Crippen molar-refractivity contribution < 1.29 is 22.4 Å². The van der Waals surface area contributed by atoms with E-state index in [0.29, 0.717) is 30.5 Å². The molecular formula is C20H19ClFN3O5S. The predicted octanol–water partition coefficient (Wildman–Crippen LogP) is 1.83. The van der Waals surface area contributed by atoms with Crippen LogP contribution >= 0.6 is 11.6 Å². The summed E-state index contributed by atoms with van der Waals surface area (Å²) in [4.78, 5) is 41.3. The third kappa shape index (κ3) is 4.02. The number of pyridine rings is 1. The van der Waals surface area contributed by atoms with Gasteiger partial charge in [0.25, 0.3) is 11.5 Å². The number of piperazine rings is 1. The van der Waals surface area contributed by atoms with Crippen LogP contribution in [0.4, 0.5) is 4.39 Å². The number of aromatic amines is 1. The number of Topliss-reactive ketones (excluding diaryl/α,β-unsaturated/α-hetero) is 1. The molecule has 2 aromatic rings. The Bertz CT molecular complexity index is 1240. The van der Waals surface area contributed by atoms with E-state index in [9.17, 15) is 27.2 Å². The van der Waals surface area contributed by atoms with Crippen LogP contribution in [-0.2, 0) is 16.4 Å². The molecule has 1 aromatic heterocycles. The fraction of sp³-hybridized carbons (Fsp3) is 0.350. The van der Waals surface area contributed by atoms with Gasteiger partial charge in [0.2, 0.25) is 10.0 Å². The van der Waals surface area contributed by atoms with Gasteiger partial charge >= 0.3 is 0 Å². The molecule has 1 aliphatic carbocycles. The first kappa shape index (κ1) is 21.7. The zero-order valence-electron chi connectivity index (χ0n) is 16.4. The lowest BCUT2D eigenvalue weighted by atomic mass is 9.93. The summed E-state index contributed by atoms with van der Waals surface area (Å²) in [6.07, 6.45) is 1.61. The Hall–Kier alpha value is -2.56. The van der Waals surface area contributed by atoms with E-state index in [-0.39, 0.29) is 47.4 Å². The lowest BCUT2D eigenvalue weighted by Crippen LogP contribution is -2.51. The molecule has 1 aliphatic heterocycles. The van der Waals surface area contributed by atoms with Gasteiger partial charge in [-0.25, -0.2) is 12.8 Å². The Kier molecular flexibility index (Phi) is 5.71. The van der Waals surface area contributed by atoms with Crippen molar-refractivity contribution in [2.75, 3.05) is 26.2 Å². The zero-order valence-corrected chi connectivity index (χ0v) is 17.9. The second-order valence-electron chi connectivity index (χ2n) is 7.45. The van der Waals surface area contributed by atoms with E-state index in [4.69, 9.17) is 11.6 Å². The van der Waals surface area contributed by atoms with Crippen LogP contribution in [0.25, 0.3) is 0 Å². The van der Waals surface area contributed by atoms with Crippen LogP contribution < -0.4 is 5.56 Å². The van der Waals surface area contributed by atoms with Crippen molar-refractivity contribution in [1.82, 2.24) is 14.2 Å². The maximum atomic E-state index is 13.4. The average molecular weight is 468 g/mol. The number of aromatic nitrogens is 1. The smallest absolute Gasteiger partial charge is 0.261 e. The molecule has 2 heterocycles. The highest BCUT2D eigenvalue weighted by molar-refractivity contribution is 7.89. The maximum absolute atomic E-state index is 13.4. The SMILES string of the molecule is O=C1CCCc2[nH]c(=O)c(C(=O)N3CCN(S(=O)(=O)c4ccc(F)c(Cl)c4)CC3)cc21. The van der Waals surface area contributed by atoms with Crippen molar-refractivity contribution in [1.29, 1.82) is 0 Å². The number of rotatable bonds is 3. The summed E-state index contributed by atoms with van der Waals surface area (Å²) in [5.41, 5.74) is 0.223. The quantitative estimate of drug-likeness (QED) is 0.741. The zero-order chi connectivity index (χ0) is 22.3. The summed E-state index contributed by atoms with van der Waals surface area (Å²) in [6.45, 7) is 0.143. The number of halogens is 2. The van der Waals surface area contributed by atoms with Crippen molar-refractivity contribution in [3.8, 4) is 0 Å². The van der Waals surface area contributed by atoms with Crippen LogP contribution in [0.1, 0.15) is 39.3 Å². The summed E-state index contributed by atoms with van der Waals surface area (Å²) >= 11 is 5.70. The minimum absolute atomic E-state index is 0.00481. The third-order valence-corrected chi connectivity index (χ3v) is 7.72. The molecule has 1 N–H and O–H groups in total. The number of nitrogens with zero attached hydrogens (tertiary/aromatic N) is 2. The molecule has 0 radical (unpaired) electrons. The molecule has 2 aliphatic rings. The number of hydrogen-bond acceptors (Lipinski definition) is 5. The molecule has 0 saturated carbocycles. The van der Waals surface area contributed by atoms with Gasteiger partial charge < -0.3 is 9.88 Å². The number of fused-ring (bicyclic) bond motifs is 1. The molecule has 4 rings (SSSR count). The number of ketones is 1. The Labute approximate surface area is 182 Å². The summed E-state index contributed by atoms with van der Waals surface area (Å²) in [5.74, 6) is -1.38. The first-order valence-electron chi connectivity index (χ1n) is 9.72. The number of benzene rings is 1. The summed E-state index contributed by atoms with van der Waals surface area (Å²) in [5, 5.41) is -0.295. The molecule has 31 heavy (non-hydrogen) atoms. The van der Waals surface area contributed by atoms with E-state index in [0.717, 1.165) is 18.2 Å². The maximum Gasteiger partial charge on any atom is 0.261 e. The first-order valence-corrected chi connectivity index (χ1v) is 11.5. The molecule has 1 aromatic carbocycles. The molecule has 11 heteroatoms. The van der Waals surface area contributed by atoms with Crippen LogP contribution in [0, 0.1) is 5.82 Å². The summed E-state index contributed by atoms with van der Waals surface area (Å²) < 4.78 is 40.1. The van der Waals surface area contributed by atoms with Crippen molar-refractivity contribution in [3.63, 3.8) is 0 Å². The molecular weight excluding hydrogens is 449 g/mol. The predicted molar refractivity (Wildman–Crippen MR) is 110 cm³/mol. The van der Waals surface area contributed by atoms with Crippen LogP contribution in [0.3, 0.4) is 0 Å². The Morgan fingerprint density at radius 1 is 1.06 bits per heavy atom. The number of H-pyrrole nitrogens is 1. The number of nitrogens with one attached hydrogen (secondary N) is 1. The van der Waals surface area contributed by atoms with Gasteiger partial charge in [-0.3, -0.25) is 14.4 Å². The fourth-order valence-electron chi connectivity index (χ4n) is 3.82. The Morgan fingerprint density at radius 3 is 2.45 bits per heavy atom. The Balaban J connectivity index is 1.51. The Morgan fingerprint density at radius 2 is 1.77 bits per heavy atom. The van der Waals surface area contributed by atoms with Gasteiger partial charge in [-0.05, 0) is 37.1 Å². The normalized spacial score (nSPS) is 17.5. The number of sulfonamides is 1. The molecule has 1 amide bonds. The highest BCUT2D eigenvalue weighted by Crippen LogP contribution is 2.24. The second-order valence-corrected chi connectivity index (χ2v) is 9.80. The third-order valence-electron chi connectivity index (χ3n) is 5.54. The van der Waals surface area contributed by atoms with Crippen molar-refractivity contribution >= 4 is 33.3 Å². The van der Waals surface area contributed by atoms with Crippen molar-refractivity contribution in [3.05, 3.63) is 62.3 Å². The largest absolute Gasteiger partial charge is 0.336 e. The first-order chi connectivity index (χ1) is 14.7. The van der Waals surface area contributed by atoms with Crippen LogP contribution in [-0.4, -0.2) is 60.5 Å². The van der Waals surface area contributed by atoms with Gasteiger partial charge in [0.1, 0.15) is 11.4 Å². The molecule has 1 fully saturated rings. The topological polar surface area (TPSA) is 108 Å². The van der Waals surface area contributed by atoms with Crippen LogP contribution in [0.2, 0.25) is 5.02 Å². The number of carbonyl (C=O) groups excluding carboxylic acids is 2. The standard InChI is InChI=1S/C20H19ClFN3O5S/c21-15-10-12(4-5-16(15)22)31(29,30)25-8-6-24(7-9-25)20(28)14-11-13-17(23-19(14)27)2-1-3-18(13)26/h4-5,10-11H,1-3,6-9H2,(H,23,27). The monoisotopic (exact) mass is 467 g/mol. The summed E-state index contributed by atoms with van der Waals surface area (Å²) in [6, 6.07) is 4.52. The molecule has 0 spiro atoms. The molecule has 0 unspecified atom stereocenters. The number of aryl methyl sites for hydroxylation is 1. The van der Waals surface area contributed by atoms with E-state index in [1.54, 1.807) is 0 Å². The van der Waals surface area contributed by atoms with Gasteiger partial charge in [-0.15, -0.1) is 0 Å². The molecule has 0 bridgehead atoms. The van der Waals surface area contributed by atoms with Gasteiger partial charge in [0.05, 0.1) is 9.92 Å². The lowest BCUT2D eigenvalue weighted by molar-refractivity contribution is 0.0696. The number of amides is 1. The van der Waals surface area contributed by atoms with E-state index in [1.807, 2.05) is 0 Å². The fourth-order valence-corrected chi connectivity index (χ4v) is 5.52. The van der Waals surface area contributed by atoms with E-state index in [1.165, 1.54) is 15.3 Å². The van der Waals surface area contributed by atoms with Crippen molar-refractivity contribution in [2.24, 2.45) is 0 Å². The van der Waals surface area contributed by atoms with Crippen LogP contribution in [0.15, 0.2) is 34.0 Å². The van der Waals surface area contributed by atoms with E-state index >= 15 is 0 Å². The second kappa shape index (κ2) is 8.18. The van der Waals surface area contributed by atoms with Gasteiger partial charge in [0, 0.05) is 43.9 Å². The molecule has 0 atom stereocenters. The molecule has 164 valence electrons. The van der Waals surface area contributed by atoms with Gasteiger partial charge in [0.15, 0.2) is 5.78 Å². The summed E-state index contributed by atoms with van der Waals surface area (Å²) in [7, 11) is -3.91. The lowest BCUT2D eigenvalue weighted by Gasteiger charge is -2.34. The van der Waals surface area contributed by atoms with Crippen LogP contribution in [0.5, 0.6) is 0 Å². The van der Waals surface area contributed by atoms with E-state index in [2.05, 4.69) is 4.98 Å². The number of hydrogen-bond donors (Lipinski definition) is 1. The highest BCUT2D eigenvalue weighted by Gasteiger charge is 2.32. The molecule has 8 nitrogen and oxygen atoms in total. The average Bonchev–Trinajstić information content (AvgIpc) is 2.75. The van der Waals surface area contributed by atoms with Gasteiger partial charge in [-0.1, -0.05) is 11.6 Å². The van der Waals surface area contributed by atoms with Gasteiger partial charge in [-0.2, -0.15) is 4.31 Å². The molecule has 1 saturated heterocycles.